The number of methoxy groups -OCH3 is 1. The molecule has 5 nitrogen and oxygen atoms in total. The van der Waals surface area contributed by atoms with E-state index in [4.69, 9.17) is 9.15 Å². The van der Waals surface area contributed by atoms with Gasteiger partial charge in [0.15, 0.2) is 0 Å². The van der Waals surface area contributed by atoms with Crippen LogP contribution in [0.1, 0.15) is 47.3 Å². The van der Waals surface area contributed by atoms with Gasteiger partial charge < -0.3 is 14.5 Å². The maximum Gasteiger partial charge on any atom is 0.338 e. The number of ether oxygens (including phenoxy) is 1. The van der Waals surface area contributed by atoms with Crippen molar-refractivity contribution in [3.05, 3.63) is 47.2 Å². The van der Waals surface area contributed by atoms with Crippen LogP contribution in [0.5, 0.6) is 0 Å². The molecule has 0 saturated carbocycles. The Morgan fingerprint density at radius 1 is 1.43 bits per heavy atom. The van der Waals surface area contributed by atoms with Crippen molar-refractivity contribution >= 4 is 11.7 Å². The fraction of sp³-hybridized carbons (Fsp3) is 0.375. The molecule has 2 aromatic rings. The first-order valence-corrected chi connectivity index (χ1v) is 6.89. The third kappa shape index (κ3) is 3.42. The highest BCUT2D eigenvalue weighted by Crippen LogP contribution is 2.21. The lowest BCUT2D eigenvalue weighted by Crippen LogP contribution is -2.07. The topological polar surface area (TPSA) is 64.4 Å². The van der Waals surface area contributed by atoms with Crippen LogP contribution in [0, 0.1) is 6.92 Å². The normalized spacial score (nSPS) is 10.7. The minimum Gasteiger partial charge on any atom is -0.465 e. The summed E-state index contributed by atoms with van der Waals surface area (Å²) in [6.07, 6.45) is 1.75. The van der Waals surface area contributed by atoms with Crippen molar-refractivity contribution in [1.29, 1.82) is 0 Å². The van der Waals surface area contributed by atoms with Crippen LogP contribution in [-0.4, -0.2) is 18.1 Å². The van der Waals surface area contributed by atoms with E-state index in [1.165, 1.54) is 7.11 Å². The SMILES string of the molecule is COC(=O)c1cccc(NCc2ncc(C(C)C)o2)c1C. The molecule has 112 valence electrons. The number of nitrogens with one attached hydrogen (secondary N) is 1. The number of aromatic nitrogens is 1. The summed E-state index contributed by atoms with van der Waals surface area (Å²) in [5.74, 6) is 1.47. The van der Waals surface area contributed by atoms with Crippen molar-refractivity contribution in [2.45, 2.75) is 33.2 Å². The van der Waals surface area contributed by atoms with Crippen LogP contribution in [0.2, 0.25) is 0 Å². The molecule has 0 saturated heterocycles. The summed E-state index contributed by atoms with van der Waals surface area (Å²) in [6.45, 7) is 6.46. The molecule has 2 rings (SSSR count). The van der Waals surface area contributed by atoms with E-state index < -0.39 is 0 Å². The fourth-order valence-electron chi connectivity index (χ4n) is 2.00. The van der Waals surface area contributed by atoms with Crippen molar-refractivity contribution < 1.29 is 13.9 Å². The number of hydrogen-bond acceptors (Lipinski definition) is 5. The summed E-state index contributed by atoms with van der Waals surface area (Å²) in [5.41, 5.74) is 2.26. The van der Waals surface area contributed by atoms with Gasteiger partial charge in [-0.3, -0.25) is 0 Å². The molecule has 0 aliphatic carbocycles. The van der Waals surface area contributed by atoms with Gasteiger partial charge in [-0.1, -0.05) is 19.9 Å². The zero-order valence-electron chi connectivity index (χ0n) is 12.8. The average Bonchev–Trinajstić information content (AvgIpc) is 2.94. The third-order valence-electron chi connectivity index (χ3n) is 3.31. The van der Waals surface area contributed by atoms with Gasteiger partial charge in [0.25, 0.3) is 0 Å². The van der Waals surface area contributed by atoms with E-state index in [1.807, 2.05) is 19.1 Å². The summed E-state index contributed by atoms with van der Waals surface area (Å²) in [7, 11) is 1.38. The maximum absolute atomic E-state index is 11.7. The molecule has 0 atom stereocenters. The van der Waals surface area contributed by atoms with Crippen LogP contribution >= 0.6 is 0 Å². The zero-order chi connectivity index (χ0) is 15.4. The van der Waals surface area contributed by atoms with Crippen molar-refractivity contribution in [2.75, 3.05) is 12.4 Å². The molecule has 1 N–H and O–H groups in total. The standard InChI is InChI=1S/C16H20N2O3/c1-10(2)14-8-18-15(21-14)9-17-13-7-5-6-12(11(13)3)16(19)20-4/h5-8,10,17H,9H2,1-4H3. The number of esters is 1. The van der Waals surface area contributed by atoms with Gasteiger partial charge in [0.2, 0.25) is 5.89 Å². The van der Waals surface area contributed by atoms with E-state index in [-0.39, 0.29) is 5.97 Å². The first-order chi connectivity index (χ1) is 10.0. The summed E-state index contributed by atoms with van der Waals surface area (Å²) >= 11 is 0. The van der Waals surface area contributed by atoms with Crippen molar-refractivity contribution in [3.8, 4) is 0 Å². The molecule has 1 aromatic heterocycles. The maximum atomic E-state index is 11.7. The second kappa shape index (κ2) is 6.43. The molecule has 0 radical (unpaired) electrons. The molecular formula is C16H20N2O3. The fourth-order valence-corrected chi connectivity index (χ4v) is 2.00. The number of carbonyl (C=O) groups excluding carboxylic acids is 1. The van der Waals surface area contributed by atoms with E-state index >= 15 is 0 Å². The number of nitrogens with zero attached hydrogens (tertiary/aromatic N) is 1. The van der Waals surface area contributed by atoms with Gasteiger partial charge >= 0.3 is 5.97 Å². The first kappa shape index (κ1) is 15.1. The van der Waals surface area contributed by atoms with Crippen LogP contribution < -0.4 is 5.32 Å². The number of carbonyl (C=O) groups is 1. The minimum absolute atomic E-state index is 0.315. The minimum atomic E-state index is -0.339. The quantitative estimate of drug-likeness (QED) is 0.853. The molecule has 0 aliphatic rings. The van der Waals surface area contributed by atoms with Crippen molar-refractivity contribution in [1.82, 2.24) is 4.98 Å². The molecule has 5 heteroatoms. The first-order valence-electron chi connectivity index (χ1n) is 6.89. The predicted octanol–water partition coefficient (Wildman–Crippen LogP) is 3.51. The van der Waals surface area contributed by atoms with Gasteiger partial charge in [-0.05, 0) is 24.6 Å². The van der Waals surface area contributed by atoms with Crippen LogP contribution in [0.15, 0.2) is 28.8 Å². The zero-order valence-corrected chi connectivity index (χ0v) is 12.8. The van der Waals surface area contributed by atoms with E-state index in [9.17, 15) is 4.79 Å². The number of oxazole rings is 1. The highest BCUT2D eigenvalue weighted by molar-refractivity contribution is 5.92. The van der Waals surface area contributed by atoms with Gasteiger partial charge in [-0.15, -0.1) is 0 Å². The van der Waals surface area contributed by atoms with Gasteiger partial charge in [0.05, 0.1) is 25.4 Å². The molecule has 1 aromatic carbocycles. The van der Waals surface area contributed by atoms with E-state index in [1.54, 1.807) is 12.3 Å². The Labute approximate surface area is 124 Å². The summed E-state index contributed by atoms with van der Waals surface area (Å²) in [6, 6.07) is 5.47. The smallest absolute Gasteiger partial charge is 0.338 e. The number of rotatable bonds is 5. The van der Waals surface area contributed by atoms with Gasteiger partial charge in [0.1, 0.15) is 5.76 Å². The third-order valence-corrected chi connectivity index (χ3v) is 3.31. The van der Waals surface area contributed by atoms with E-state index in [2.05, 4.69) is 24.1 Å². The van der Waals surface area contributed by atoms with Crippen LogP contribution in [0.4, 0.5) is 5.69 Å². The molecule has 0 amide bonds. The Hall–Kier alpha value is -2.30. The average molecular weight is 288 g/mol. The molecule has 21 heavy (non-hydrogen) atoms. The van der Waals surface area contributed by atoms with Crippen LogP contribution in [0.25, 0.3) is 0 Å². The highest BCUT2D eigenvalue weighted by atomic mass is 16.5. The Morgan fingerprint density at radius 2 is 2.19 bits per heavy atom. The second-order valence-electron chi connectivity index (χ2n) is 5.13. The Morgan fingerprint density at radius 3 is 2.81 bits per heavy atom. The molecule has 0 bridgehead atoms. The predicted molar refractivity (Wildman–Crippen MR) is 80.4 cm³/mol. The molecular weight excluding hydrogens is 268 g/mol. The van der Waals surface area contributed by atoms with Crippen molar-refractivity contribution in [3.63, 3.8) is 0 Å². The molecule has 0 fully saturated rings. The monoisotopic (exact) mass is 288 g/mol. The highest BCUT2D eigenvalue weighted by Gasteiger charge is 2.12. The second-order valence-corrected chi connectivity index (χ2v) is 5.13. The lowest BCUT2D eigenvalue weighted by Gasteiger charge is -2.11. The number of benzene rings is 1. The van der Waals surface area contributed by atoms with Gasteiger partial charge in [0, 0.05) is 11.6 Å². The molecule has 0 spiro atoms. The van der Waals surface area contributed by atoms with Gasteiger partial charge in [-0.2, -0.15) is 0 Å². The van der Waals surface area contributed by atoms with Gasteiger partial charge in [-0.25, -0.2) is 9.78 Å². The Kier molecular flexibility index (Phi) is 4.62. The Balaban J connectivity index is 2.11. The van der Waals surface area contributed by atoms with E-state index in [0.717, 1.165) is 17.0 Å². The summed E-state index contributed by atoms with van der Waals surface area (Å²) < 4.78 is 10.4. The van der Waals surface area contributed by atoms with Crippen molar-refractivity contribution in [2.24, 2.45) is 0 Å². The summed E-state index contributed by atoms with van der Waals surface area (Å²) in [4.78, 5) is 15.9. The molecule has 0 unspecified atom stereocenters. The number of anilines is 1. The lowest BCUT2D eigenvalue weighted by molar-refractivity contribution is 0.0600. The molecule has 0 aliphatic heterocycles. The van der Waals surface area contributed by atoms with Crippen LogP contribution in [0.3, 0.4) is 0 Å². The Bertz CT molecular complexity index is 632. The number of hydrogen-bond donors (Lipinski definition) is 1. The van der Waals surface area contributed by atoms with E-state index in [0.29, 0.717) is 23.9 Å². The summed E-state index contributed by atoms with van der Waals surface area (Å²) in [5, 5.41) is 3.24. The largest absolute Gasteiger partial charge is 0.465 e. The van der Waals surface area contributed by atoms with Crippen LogP contribution in [-0.2, 0) is 11.3 Å². The lowest BCUT2D eigenvalue weighted by atomic mass is 10.1. The molecule has 1 heterocycles.